The third-order valence-corrected chi connectivity index (χ3v) is 3.84. The van der Waals surface area contributed by atoms with Crippen molar-refractivity contribution in [3.05, 3.63) is 33.9 Å². The molecule has 1 amide bonds. The summed E-state index contributed by atoms with van der Waals surface area (Å²) in [7, 11) is 1.66. The number of nitro groups is 1. The summed E-state index contributed by atoms with van der Waals surface area (Å²) < 4.78 is 0. The normalized spacial score (nSPS) is 19.2. The lowest BCUT2D eigenvalue weighted by Gasteiger charge is -2.31. The van der Waals surface area contributed by atoms with Crippen LogP contribution in [-0.4, -0.2) is 35.9 Å². The highest BCUT2D eigenvalue weighted by Gasteiger charge is 2.24. The van der Waals surface area contributed by atoms with E-state index in [9.17, 15) is 14.9 Å². The van der Waals surface area contributed by atoms with Gasteiger partial charge in [-0.25, -0.2) is 0 Å². The molecule has 1 saturated heterocycles. The maximum atomic E-state index is 11.3. The van der Waals surface area contributed by atoms with Crippen LogP contribution in [0.5, 0.6) is 0 Å². The summed E-state index contributed by atoms with van der Waals surface area (Å²) in [6.45, 7) is 2.23. The fraction of sp³-hybridized carbons (Fsp3) is 0.500. The predicted octanol–water partition coefficient (Wildman–Crippen LogP) is 1.33. The van der Waals surface area contributed by atoms with Crippen LogP contribution in [0, 0.1) is 16.0 Å². The van der Waals surface area contributed by atoms with Gasteiger partial charge in [-0.05, 0) is 31.0 Å². The standard InChI is InChI=1S/C14H20N4O3/c1-16-12-7-10(4-5-13(12)18(20)21)8-17-6-2-3-11(9-17)14(15)19/h4-5,7,11,16H,2-3,6,8-9H2,1H3,(H2,15,19). The topological polar surface area (TPSA) is 102 Å². The Morgan fingerprint density at radius 3 is 2.95 bits per heavy atom. The number of carbonyl (C=O) groups is 1. The Labute approximate surface area is 123 Å². The molecule has 1 aromatic rings. The molecule has 0 spiro atoms. The zero-order valence-electron chi connectivity index (χ0n) is 12.0. The number of piperidine rings is 1. The van der Waals surface area contributed by atoms with Crippen LogP contribution in [0.1, 0.15) is 18.4 Å². The number of nitrogens with one attached hydrogen (secondary N) is 1. The fourth-order valence-electron chi connectivity index (χ4n) is 2.73. The van der Waals surface area contributed by atoms with Crippen LogP contribution in [-0.2, 0) is 11.3 Å². The molecular formula is C14H20N4O3. The molecular weight excluding hydrogens is 272 g/mol. The van der Waals surface area contributed by atoms with Crippen LogP contribution in [0.2, 0.25) is 0 Å². The van der Waals surface area contributed by atoms with Crippen LogP contribution in [0.15, 0.2) is 18.2 Å². The summed E-state index contributed by atoms with van der Waals surface area (Å²) in [5.41, 5.74) is 6.92. The quantitative estimate of drug-likeness (QED) is 0.630. The van der Waals surface area contributed by atoms with Crippen LogP contribution in [0.3, 0.4) is 0 Å². The van der Waals surface area contributed by atoms with E-state index in [1.54, 1.807) is 19.2 Å². The first-order chi connectivity index (χ1) is 10.0. The van der Waals surface area contributed by atoms with Crippen molar-refractivity contribution in [1.29, 1.82) is 0 Å². The lowest BCUT2D eigenvalue weighted by Crippen LogP contribution is -2.40. The number of hydrogen-bond acceptors (Lipinski definition) is 5. The molecule has 0 aliphatic carbocycles. The van der Waals surface area contributed by atoms with Crippen molar-refractivity contribution in [2.24, 2.45) is 11.7 Å². The highest BCUT2D eigenvalue weighted by atomic mass is 16.6. The summed E-state index contributed by atoms with van der Waals surface area (Å²) in [6, 6.07) is 5.05. The van der Waals surface area contributed by atoms with E-state index in [4.69, 9.17) is 5.73 Å². The molecule has 3 N–H and O–H groups in total. The van der Waals surface area contributed by atoms with Gasteiger partial charge in [-0.1, -0.05) is 6.07 Å². The van der Waals surface area contributed by atoms with Gasteiger partial charge in [0.2, 0.25) is 5.91 Å². The molecule has 1 aliphatic heterocycles. The minimum absolute atomic E-state index is 0.0647. The number of benzene rings is 1. The number of nitro benzene ring substituents is 1. The Morgan fingerprint density at radius 2 is 2.33 bits per heavy atom. The number of nitrogens with two attached hydrogens (primary N) is 1. The van der Waals surface area contributed by atoms with E-state index < -0.39 is 4.92 Å². The van der Waals surface area contributed by atoms with Crippen molar-refractivity contribution in [3.8, 4) is 0 Å². The predicted molar refractivity (Wildman–Crippen MR) is 79.8 cm³/mol. The van der Waals surface area contributed by atoms with E-state index in [1.165, 1.54) is 6.07 Å². The van der Waals surface area contributed by atoms with E-state index in [1.807, 2.05) is 0 Å². The molecule has 1 fully saturated rings. The zero-order chi connectivity index (χ0) is 15.4. The molecule has 7 nitrogen and oxygen atoms in total. The van der Waals surface area contributed by atoms with Gasteiger partial charge in [0.15, 0.2) is 0 Å². The largest absolute Gasteiger partial charge is 0.383 e. The minimum atomic E-state index is -0.403. The third-order valence-electron chi connectivity index (χ3n) is 3.84. The number of primary amides is 1. The number of anilines is 1. The summed E-state index contributed by atoms with van der Waals surface area (Å²) in [4.78, 5) is 23.9. The average molecular weight is 292 g/mol. The molecule has 1 unspecified atom stereocenters. The van der Waals surface area contributed by atoms with E-state index in [-0.39, 0.29) is 17.5 Å². The van der Waals surface area contributed by atoms with Gasteiger partial charge in [0.05, 0.1) is 10.8 Å². The Kier molecular flexibility index (Phi) is 4.74. The molecule has 0 saturated carbocycles. The molecule has 114 valence electrons. The van der Waals surface area contributed by atoms with Crippen molar-refractivity contribution in [3.63, 3.8) is 0 Å². The van der Waals surface area contributed by atoms with Crippen LogP contribution in [0.25, 0.3) is 0 Å². The molecule has 0 radical (unpaired) electrons. The van der Waals surface area contributed by atoms with Crippen molar-refractivity contribution >= 4 is 17.3 Å². The number of likely N-dealkylation sites (tertiary alicyclic amines) is 1. The maximum Gasteiger partial charge on any atom is 0.292 e. The minimum Gasteiger partial charge on any atom is -0.383 e. The number of nitrogens with zero attached hydrogens (tertiary/aromatic N) is 2. The summed E-state index contributed by atoms with van der Waals surface area (Å²) >= 11 is 0. The monoisotopic (exact) mass is 292 g/mol. The summed E-state index contributed by atoms with van der Waals surface area (Å²) in [6.07, 6.45) is 1.79. The Hall–Kier alpha value is -2.15. The number of amides is 1. The van der Waals surface area contributed by atoms with E-state index in [2.05, 4.69) is 10.2 Å². The Morgan fingerprint density at radius 1 is 1.57 bits per heavy atom. The fourth-order valence-corrected chi connectivity index (χ4v) is 2.73. The molecule has 0 bridgehead atoms. The SMILES string of the molecule is CNc1cc(CN2CCCC(C(N)=O)C2)ccc1[N+](=O)[O-]. The molecule has 1 heterocycles. The smallest absolute Gasteiger partial charge is 0.292 e. The van der Waals surface area contributed by atoms with Gasteiger partial charge in [0.25, 0.3) is 5.69 Å². The first-order valence-electron chi connectivity index (χ1n) is 6.98. The van der Waals surface area contributed by atoms with Crippen LogP contribution >= 0.6 is 0 Å². The van der Waals surface area contributed by atoms with Crippen molar-refractivity contribution in [2.75, 3.05) is 25.5 Å². The van der Waals surface area contributed by atoms with Gasteiger partial charge in [-0.3, -0.25) is 19.8 Å². The Bertz CT molecular complexity index is 547. The second-order valence-corrected chi connectivity index (χ2v) is 5.34. The zero-order valence-corrected chi connectivity index (χ0v) is 12.0. The van der Waals surface area contributed by atoms with Gasteiger partial charge in [0.1, 0.15) is 5.69 Å². The average Bonchev–Trinajstić information content (AvgIpc) is 2.47. The van der Waals surface area contributed by atoms with Crippen molar-refractivity contribution < 1.29 is 9.72 Å². The van der Waals surface area contributed by atoms with E-state index in [0.717, 1.165) is 24.9 Å². The summed E-state index contributed by atoms with van der Waals surface area (Å²) in [5, 5.41) is 13.8. The highest BCUT2D eigenvalue weighted by molar-refractivity contribution is 5.76. The first kappa shape index (κ1) is 15.2. The van der Waals surface area contributed by atoms with Gasteiger partial charge >= 0.3 is 0 Å². The van der Waals surface area contributed by atoms with Gasteiger partial charge < -0.3 is 11.1 Å². The van der Waals surface area contributed by atoms with Crippen LogP contribution < -0.4 is 11.1 Å². The molecule has 2 rings (SSSR count). The number of rotatable bonds is 5. The Balaban J connectivity index is 2.09. The summed E-state index contributed by atoms with van der Waals surface area (Å²) in [5.74, 6) is -0.347. The lowest BCUT2D eigenvalue weighted by molar-refractivity contribution is -0.384. The molecule has 21 heavy (non-hydrogen) atoms. The number of carbonyl (C=O) groups excluding carboxylic acids is 1. The molecule has 1 atom stereocenters. The third kappa shape index (κ3) is 3.69. The van der Waals surface area contributed by atoms with Crippen molar-refractivity contribution in [2.45, 2.75) is 19.4 Å². The molecule has 7 heteroatoms. The van der Waals surface area contributed by atoms with E-state index in [0.29, 0.717) is 18.8 Å². The highest BCUT2D eigenvalue weighted by Crippen LogP contribution is 2.26. The molecule has 1 aromatic carbocycles. The second-order valence-electron chi connectivity index (χ2n) is 5.34. The van der Waals surface area contributed by atoms with Gasteiger partial charge in [-0.2, -0.15) is 0 Å². The maximum absolute atomic E-state index is 11.3. The van der Waals surface area contributed by atoms with Crippen molar-refractivity contribution in [1.82, 2.24) is 4.90 Å². The lowest BCUT2D eigenvalue weighted by atomic mass is 9.97. The molecule has 0 aromatic heterocycles. The van der Waals surface area contributed by atoms with Gasteiger partial charge in [0, 0.05) is 26.2 Å². The second kappa shape index (κ2) is 6.53. The van der Waals surface area contributed by atoms with Crippen LogP contribution in [0.4, 0.5) is 11.4 Å². The van der Waals surface area contributed by atoms with Gasteiger partial charge in [-0.15, -0.1) is 0 Å². The van der Waals surface area contributed by atoms with E-state index >= 15 is 0 Å². The molecule has 1 aliphatic rings. The number of hydrogen-bond donors (Lipinski definition) is 2. The first-order valence-corrected chi connectivity index (χ1v) is 6.98.